The summed E-state index contributed by atoms with van der Waals surface area (Å²) >= 11 is 2.55. The maximum atomic E-state index is 12.6. The van der Waals surface area contributed by atoms with Crippen LogP contribution in [0.4, 0.5) is 10.8 Å². The average Bonchev–Trinajstić information content (AvgIpc) is 3.44. The molecule has 168 valence electrons. The molecule has 0 atom stereocenters. The van der Waals surface area contributed by atoms with Gasteiger partial charge in [0, 0.05) is 45.1 Å². The third-order valence-electron chi connectivity index (χ3n) is 4.93. The first-order valence-electron chi connectivity index (χ1n) is 9.96. The fraction of sp³-hybridized carbons (Fsp3) is 0.350. The molecule has 0 radical (unpaired) electrons. The van der Waals surface area contributed by atoms with Crippen molar-refractivity contribution in [2.75, 3.05) is 49.3 Å². The predicted octanol–water partition coefficient (Wildman–Crippen LogP) is 1.97. The van der Waals surface area contributed by atoms with E-state index in [4.69, 9.17) is 4.74 Å². The molecule has 4 rings (SSSR count). The number of hydrogen-bond donors (Lipinski definition) is 1. The van der Waals surface area contributed by atoms with Crippen LogP contribution in [-0.4, -0.2) is 75.7 Å². The molecule has 2 amide bonds. The SMILES string of the molecule is COc1nn(C)cc1C(=O)Nc1nnc(SCC(=O)N2CCN(c3ccccc3)CC2)s1. The smallest absolute Gasteiger partial charge is 0.264 e. The molecule has 0 saturated carbocycles. The van der Waals surface area contributed by atoms with Crippen LogP contribution in [-0.2, 0) is 11.8 Å². The van der Waals surface area contributed by atoms with Gasteiger partial charge in [0.05, 0.1) is 12.9 Å². The number of benzene rings is 1. The number of ether oxygens (including phenoxy) is 1. The van der Waals surface area contributed by atoms with Crippen molar-refractivity contribution in [2.45, 2.75) is 4.34 Å². The zero-order valence-electron chi connectivity index (χ0n) is 17.7. The fourth-order valence-electron chi connectivity index (χ4n) is 3.33. The fourth-order valence-corrected chi connectivity index (χ4v) is 4.98. The molecule has 12 heteroatoms. The van der Waals surface area contributed by atoms with Gasteiger partial charge in [0.15, 0.2) is 4.34 Å². The molecule has 1 N–H and O–H groups in total. The van der Waals surface area contributed by atoms with Crippen LogP contribution in [0.25, 0.3) is 0 Å². The highest BCUT2D eigenvalue weighted by Crippen LogP contribution is 2.27. The topological polar surface area (TPSA) is 105 Å². The minimum atomic E-state index is -0.380. The molecule has 10 nitrogen and oxygen atoms in total. The molecule has 1 aliphatic rings. The van der Waals surface area contributed by atoms with E-state index in [-0.39, 0.29) is 23.4 Å². The first kappa shape index (κ1) is 22.1. The largest absolute Gasteiger partial charge is 0.479 e. The summed E-state index contributed by atoms with van der Waals surface area (Å²) in [6, 6.07) is 10.2. The van der Waals surface area contributed by atoms with Crippen molar-refractivity contribution in [2.24, 2.45) is 7.05 Å². The van der Waals surface area contributed by atoms with E-state index in [9.17, 15) is 9.59 Å². The lowest BCUT2D eigenvalue weighted by Gasteiger charge is -2.36. The Morgan fingerprint density at radius 2 is 1.91 bits per heavy atom. The number of piperazine rings is 1. The number of nitrogens with zero attached hydrogens (tertiary/aromatic N) is 6. The van der Waals surface area contributed by atoms with Crippen LogP contribution in [0.2, 0.25) is 0 Å². The molecular formula is C20H23N7O3S2. The van der Waals surface area contributed by atoms with E-state index in [1.165, 1.54) is 40.6 Å². The van der Waals surface area contributed by atoms with Crippen LogP contribution in [0.1, 0.15) is 10.4 Å². The van der Waals surface area contributed by atoms with Crippen LogP contribution >= 0.6 is 23.1 Å². The lowest BCUT2D eigenvalue weighted by atomic mass is 10.2. The number of aromatic nitrogens is 4. The Bertz CT molecular complexity index is 1080. The van der Waals surface area contributed by atoms with E-state index in [1.54, 1.807) is 13.2 Å². The highest BCUT2D eigenvalue weighted by atomic mass is 32.2. The second-order valence-electron chi connectivity index (χ2n) is 7.05. The average molecular weight is 474 g/mol. The van der Waals surface area contributed by atoms with Crippen molar-refractivity contribution in [3.05, 3.63) is 42.1 Å². The number of para-hydroxylation sites is 1. The molecule has 1 saturated heterocycles. The summed E-state index contributed by atoms with van der Waals surface area (Å²) in [5.74, 6) is 0.213. The maximum Gasteiger partial charge on any atom is 0.264 e. The molecule has 1 aliphatic heterocycles. The summed E-state index contributed by atoms with van der Waals surface area (Å²) < 4.78 is 7.23. The summed E-state index contributed by atoms with van der Waals surface area (Å²) in [6.45, 7) is 3.01. The molecule has 0 unspecified atom stereocenters. The van der Waals surface area contributed by atoms with E-state index in [1.807, 2.05) is 23.1 Å². The molecule has 1 fully saturated rings. The molecule has 3 heterocycles. The molecule has 1 aromatic carbocycles. The van der Waals surface area contributed by atoms with E-state index in [0.717, 1.165) is 13.1 Å². The van der Waals surface area contributed by atoms with Gasteiger partial charge < -0.3 is 14.5 Å². The highest BCUT2D eigenvalue weighted by molar-refractivity contribution is 8.01. The minimum Gasteiger partial charge on any atom is -0.479 e. The first-order chi connectivity index (χ1) is 15.5. The molecule has 0 spiro atoms. The van der Waals surface area contributed by atoms with Gasteiger partial charge in [-0.25, -0.2) is 0 Å². The van der Waals surface area contributed by atoms with Crippen molar-refractivity contribution in [1.82, 2.24) is 24.9 Å². The number of hydrogen-bond acceptors (Lipinski definition) is 9. The molecule has 0 aliphatic carbocycles. The van der Waals surface area contributed by atoms with E-state index in [0.29, 0.717) is 28.1 Å². The van der Waals surface area contributed by atoms with Gasteiger partial charge in [-0.05, 0) is 12.1 Å². The zero-order valence-corrected chi connectivity index (χ0v) is 19.4. The van der Waals surface area contributed by atoms with Crippen LogP contribution in [0.5, 0.6) is 5.88 Å². The quantitative estimate of drug-likeness (QED) is 0.410. The van der Waals surface area contributed by atoms with E-state index >= 15 is 0 Å². The van der Waals surface area contributed by atoms with E-state index < -0.39 is 0 Å². The number of rotatable bonds is 7. The Morgan fingerprint density at radius 1 is 1.16 bits per heavy atom. The lowest BCUT2D eigenvalue weighted by molar-refractivity contribution is -0.128. The molecular weight excluding hydrogens is 450 g/mol. The number of aryl methyl sites for hydroxylation is 1. The van der Waals surface area contributed by atoms with Gasteiger partial charge in [-0.3, -0.25) is 19.6 Å². The van der Waals surface area contributed by atoms with Crippen molar-refractivity contribution in [3.63, 3.8) is 0 Å². The molecule has 3 aromatic rings. The highest BCUT2D eigenvalue weighted by Gasteiger charge is 2.22. The number of anilines is 2. The summed E-state index contributed by atoms with van der Waals surface area (Å²) in [5, 5.41) is 15.2. The summed E-state index contributed by atoms with van der Waals surface area (Å²) in [6.07, 6.45) is 1.57. The molecule has 2 aromatic heterocycles. The van der Waals surface area contributed by atoms with Crippen LogP contribution in [0.15, 0.2) is 40.9 Å². The predicted molar refractivity (Wildman–Crippen MR) is 124 cm³/mol. The van der Waals surface area contributed by atoms with Gasteiger partial charge in [-0.15, -0.1) is 15.3 Å². The number of carbonyl (C=O) groups is 2. The third-order valence-corrected chi connectivity index (χ3v) is 6.89. The summed E-state index contributed by atoms with van der Waals surface area (Å²) in [7, 11) is 3.16. The Morgan fingerprint density at radius 3 is 2.62 bits per heavy atom. The van der Waals surface area contributed by atoms with Crippen molar-refractivity contribution in [1.29, 1.82) is 0 Å². The Labute approximate surface area is 193 Å². The third kappa shape index (κ3) is 5.19. The second-order valence-corrected chi connectivity index (χ2v) is 9.25. The number of carbonyl (C=O) groups excluding carboxylic acids is 2. The molecule has 0 bridgehead atoms. The number of methoxy groups -OCH3 is 1. The number of thioether (sulfide) groups is 1. The lowest BCUT2D eigenvalue weighted by Crippen LogP contribution is -2.49. The number of nitrogens with one attached hydrogen (secondary N) is 1. The Hall–Kier alpha value is -3.12. The van der Waals surface area contributed by atoms with Crippen LogP contribution in [0, 0.1) is 0 Å². The maximum absolute atomic E-state index is 12.6. The van der Waals surface area contributed by atoms with E-state index in [2.05, 4.69) is 37.6 Å². The summed E-state index contributed by atoms with van der Waals surface area (Å²) in [5.41, 5.74) is 1.49. The monoisotopic (exact) mass is 473 g/mol. The van der Waals surface area contributed by atoms with Gasteiger partial charge in [-0.1, -0.05) is 41.3 Å². The normalized spacial score (nSPS) is 13.8. The zero-order chi connectivity index (χ0) is 22.5. The van der Waals surface area contributed by atoms with Crippen LogP contribution in [0.3, 0.4) is 0 Å². The first-order valence-corrected chi connectivity index (χ1v) is 11.8. The summed E-state index contributed by atoms with van der Waals surface area (Å²) in [4.78, 5) is 29.2. The van der Waals surface area contributed by atoms with Crippen LogP contribution < -0.4 is 15.0 Å². The van der Waals surface area contributed by atoms with Gasteiger partial charge in [-0.2, -0.15) is 0 Å². The standard InChI is InChI=1S/C20H23N7O3S2/c1-25-12-15(18(24-25)30-2)17(29)21-19-22-23-20(32-19)31-13-16(28)27-10-8-26(9-11-27)14-6-4-3-5-7-14/h3-7,12H,8-11,13H2,1-2H3,(H,21,22,29). The second kappa shape index (κ2) is 10.0. The Balaban J connectivity index is 1.25. The minimum absolute atomic E-state index is 0.0728. The van der Waals surface area contributed by atoms with Gasteiger partial charge in [0.1, 0.15) is 5.56 Å². The van der Waals surface area contributed by atoms with Gasteiger partial charge in [0.2, 0.25) is 16.9 Å². The van der Waals surface area contributed by atoms with Gasteiger partial charge in [0.25, 0.3) is 5.91 Å². The number of amides is 2. The van der Waals surface area contributed by atoms with Crippen molar-refractivity contribution >= 4 is 45.7 Å². The van der Waals surface area contributed by atoms with Crippen molar-refractivity contribution in [3.8, 4) is 5.88 Å². The van der Waals surface area contributed by atoms with Gasteiger partial charge >= 0.3 is 0 Å². The molecule has 32 heavy (non-hydrogen) atoms. The van der Waals surface area contributed by atoms with Crippen molar-refractivity contribution < 1.29 is 14.3 Å². The Kier molecular flexibility index (Phi) is 6.90.